The molecule has 124 valence electrons. The van der Waals surface area contributed by atoms with Gasteiger partial charge in [0.05, 0.1) is 13.3 Å². The van der Waals surface area contributed by atoms with E-state index in [-0.39, 0.29) is 24.3 Å². The number of hydrogen-bond acceptors (Lipinski definition) is 4. The number of carbonyl (C=O) groups excluding carboxylic acids is 1. The minimum Gasteiger partial charge on any atom is -0.497 e. The third kappa shape index (κ3) is 5.21. The zero-order valence-corrected chi connectivity index (χ0v) is 13.4. The first-order chi connectivity index (χ1) is 11.2. The van der Waals surface area contributed by atoms with Crippen LogP contribution in [0.15, 0.2) is 41.5 Å². The fraction of sp³-hybridized carbons (Fsp3) is 0.444. The molecule has 2 unspecified atom stereocenters. The second kappa shape index (κ2) is 9.10. The molecule has 0 saturated heterocycles. The molecule has 1 aliphatic rings. The Kier molecular flexibility index (Phi) is 6.81. The molecule has 5 heteroatoms. The van der Waals surface area contributed by atoms with Crippen molar-refractivity contribution in [3.05, 3.63) is 42.0 Å². The van der Waals surface area contributed by atoms with E-state index in [4.69, 9.17) is 4.74 Å². The van der Waals surface area contributed by atoms with E-state index in [2.05, 4.69) is 22.7 Å². The number of nitrogens with zero attached hydrogens (tertiary/aromatic N) is 1. The molecule has 1 aliphatic carbocycles. The number of rotatable bonds is 7. The van der Waals surface area contributed by atoms with Gasteiger partial charge in [0.15, 0.2) is 0 Å². The maximum absolute atomic E-state index is 12.3. The van der Waals surface area contributed by atoms with Crippen molar-refractivity contribution < 1.29 is 14.6 Å². The summed E-state index contributed by atoms with van der Waals surface area (Å²) in [5, 5.41) is 13.3. The first-order valence-electron chi connectivity index (χ1n) is 7.97. The summed E-state index contributed by atoms with van der Waals surface area (Å²) < 4.78 is 5.09. The molecule has 23 heavy (non-hydrogen) atoms. The number of carbonyl (C=O) groups is 1. The van der Waals surface area contributed by atoms with Gasteiger partial charge in [-0.3, -0.25) is 4.79 Å². The number of methoxy groups -OCH3 is 1. The molecule has 1 aromatic carbocycles. The summed E-state index contributed by atoms with van der Waals surface area (Å²) in [7, 11) is 1.62. The Hall–Kier alpha value is -2.14. The fourth-order valence-electron chi connectivity index (χ4n) is 2.85. The van der Waals surface area contributed by atoms with Crippen molar-refractivity contribution in [1.82, 2.24) is 5.43 Å². The van der Waals surface area contributed by atoms with E-state index in [1.807, 2.05) is 24.3 Å². The topological polar surface area (TPSA) is 70.9 Å². The van der Waals surface area contributed by atoms with Gasteiger partial charge in [-0.05, 0) is 61.4 Å². The highest BCUT2D eigenvalue weighted by molar-refractivity contribution is 5.83. The van der Waals surface area contributed by atoms with Crippen LogP contribution in [0.4, 0.5) is 0 Å². The van der Waals surface area contributed by atoms with Gasteiger partial charge < -0.3 is 9.84 Å². The van der Waals surface area contributed by atoms with Crippen LogP contribution in [0.3, 0.4) is 0 Å². The second-order valence-electron chi connectivity index (χ2n) is 5.67. The van der Waals surface area contributed by atoms with Crippen molar-refractivity contribution in [1.29, 1.82) is 0 Å². The first kappa shape index (κ1) is 17.2. The van der Waals surface area contributed by atoms with Gasteiger partial charge in [0.2, 0.25) is 5.91 Å². The van der Waals surface area contributed by atoms with Crippen molar-refractivity contribution in [2.24, 2.45) is 16.9 Å². The third-order valence-corrected chi connectivity index (χ3v) is 4.16. The van der Waals surface area contributed by atoms with Gasteiger partial charge in [0.1, 0.15) is 5.75 Å². The molecule has 2 atom stereocenters. The SMILES string of the molecule is COc1ccc(C=NNC(=O)C(CCO)C2CC=CCC2)cc1. The van der Waals surface area contributed by atoms with Gasteiger partial charge >= 0.3 is 0 Å². The summed E-state index contributed by atoms with van der Waals surface area (Å²) in [5.74, 6) is 0.741. The first-order valence-corrected chi connectivity index (χ1v) is 7.97. The molecular weight excluding hydrogens is 292 g/mol. The van der Waals surface area contributed by atoms with Gasteiger partial charge in [-0.25, -0.2) is 5.43 Å². The Morgan fingerprint density at radius 3 is 2.83 bits per heavy atom. The maximum Gasteiger partial charge on any atom is 0.243 e. The average molecular weight is 316 g/mol. The van der Waals surface area contributed by atoms with Crippen LogP contribution in [0.2, 0.25) is 0 Å². The Morgan fingerprint density at radius 2 is 2.22 bits per heavy atom. The number of aliphatic hydroxyl groups excluding tert-OH is 1. The fourth-order valence-corrected chi connectivity index (χ4v) is 2.85. The van der Waals surface area contributed by atoms with Crippen molar-refractivity contribution in [3.8, 4) is 5.75 Å². The lowest BCUT2D eigenvalue weighted by Crippen LogP contribution is -2.33. The predicted molar refractivity (Wildman–Crippen MR) is 90.4 cm³/mol. The van der Waals surface area contributed by atoms with Crippen LogP contribution in [-0.4, -0.2) is 30.9 Å². The molecule has 0 radical (unpaired) electrons. The maximum atomic E-state index is 12.3. The molecule has 0 spiro atoms. The standard InChI is InChI=1S/C18H24N2O3/c1-23-16-9-7-14(8-10-16)13-19-20-18(22)17(11-12-21)15-5-3-2-4-6-15/h2-3,7-10,13,15,17,21H,4-6,11-12H2,1H3,(H,20,22). The second-order valence-corrected chi connectivity index (χ2v) is 5.67. The van der Waals surface area contributed by atoms with Crippen LogP contribution in [-0.2, 0) is 4.79 Å². The minimum atomic E-state index is -0.196. The molecule has 0 saturated carbocycles. The monoisotopic (exact) mass is 316 g/mol. The Bertz CT molecular complexity index is 552. The molecule has 0 fully saturated rings. The summed E-state index contributed by atoms with van der Waals surface area (Å²) in [4.78, 5) is 12.3. The van der Waals surface area contributed by atoms with Crippen LogP contribution in [0, 0.1) is 11.8 Å². The van der Waals surface area contributed by atoms with Crippen molar-refractivity contribution >= 4 is 12.1 Å². The van der Waals surface area contributed by atoms with E-state index in [9.17, 15) is 9.90 Å². The highest BCUT2D eigenvalue weighted by Crippen LogP contribution is 2.28. The van der Waals surface area contributed by atoms with Crippen molar-refractivity contribution in [3.63, 3.8) is 0 Å². The normalized spacial score (nSPS) is 18.8. The van der Waals surface area contributed by atoms with Crippen LogP contribution in [0.1, 0.15) is 31.2 Å². The summed E-state index contributed by atoms with van der Waals surface area (Å²) in [6.07, 6.45) is 9.21. The highest BCUT2D eigenvalue weighted by atomic mass is 16.5. The number of hydrazone groups is 1. The Morgan fingerprint density at radius 1 is 1.43 bits per heavy atom. The van der Waals surface area contributed by atoms with Gasteiger partial charge in [0, 0.05) is 12.5 Å². The molecule has 0 bridgehead atoms. The summed E-state index contributed by atoms with van der Waals surface area (Å²) in [6, 6.07) is 7.41. The van der Waals surface area contributed by atoms with E-state index in [1.165, 1.54) is 0 Å². The molecule has 5 nitrogen and oxygen atoms in total. The minimum absolute atomic E-state index is 0.0144. The van der Waals surface area contributed by atoms with Crippen LogP contribution in [0.25, 0.3) is 0 Å². The lowest BCUT2D eigenvalue weighted by atomic mass is 9.81. The zero-order chi connectivity index (χ0) is 16.5. The Labute approximate surface area is 137 Å². The van der Waals surface area contributed by atoms with Gasteiger partial charge in [-0.1, -0.05) is 12.2 Å². The van der Waals surface area contributed by atoms with Crippen LogP contribution < -0.4 is 10.2 Å². The van der Waals surface area contributed by atoms with Crippen molar-refractivity contribution in [2.45, 2.75) is 25.7 Å². The van der Waals surface area contributed by atoms with Crippen LogP contribution >= 0.6 is 0 Å². The number of nitrogens with one attached hydrogen (secondary N) is 1. The summed E-state index contributed by atoms with van der Waals surface area (Å²) in [5.41, 5.74) is 3.49. The highest BCUT2D eigenvalue weighted by Gasteiger charge is 2.27. The van der Waals surface area contributed by atoms with Crippen LogP contribution in [0.5, 0.6) is 5.75 Å². The average Bonchev–Trinajstić information content (AvgIpc) is 2.61. The molecule has 0 heterocycles. The van der Waals surface area contributed by atoms with Gasteiger partial charge in [-0.15, -0.1) is 0 Å². The summed E-state index contributed by atoms with van der Waals surface area (Å²) in [6.45, 7) is 0.0144. The predicted octanol–water partition coefficient (Wildman–Crippen LogP) is 2.50. The molecule has 2 N–H and O–H groups in total. The lowest BCUT2D eigenvalue weighted by Gasteiger charge is -2.25. The number of amides is 1. The summed E-state index contributed by atoms with van der Waals surface area (Å²) >= 11 is 0. The smallest absolute Gasteiger partial charge is 0.243 e. The molecular formula is C18H24N2O3. The van der Waals surface area contributed by atoms with Gasteiger partial charge in [-0.2, -0.15) is 5.10 Å². The van der Waals surface area contributed by atoms with Gasteiger partial charge in [0.25, 0.3) is 0 Å². The Balaban J connectivity index is 1.92. The lowest BCUT2D eigenvalue weighted by molar-refractivity contribution is -0.127. The number of allylic oxidation sites excluding steroid dienone is 2. The number of hydrogen-bond donors (Lipinski definition) is 2. The van der Waals surface area contributed by atoms with E-state index >= 15 is 0 Å². The number of aliphatic hydroxyl groups is 1. The quantitative estimate of drug-likeness (QED) is 0.461. The molecule has 1 amide bonds. The molecule has 0 aliphatic heterocycles. The van der Waals surface area contributed by atoms with E-state index in [0.717, 1.165) is 30.6 Å². The zero-order valence-electron chi connectivity index (χ0n) is 13.4. The van der Waals surface area contributed by atoms with E-state index in [1.54, 1.807) is 13.3 Å². The largest absolute Gasteiger partial charge is 0.497 e. The molecule has 2 rings (SSSR count). The van der Waals surface area contributed by atoms with Crippen molar-refractivity contribution in [2.75, 3.05) is 13.7 Å². The van der Waals surface area contributed by atoms with E-state index in [0.29, 0.717) is 6.42 Å². The molecule has 1 aromatic rings. The van der Waals surface area contributed by atoms with E-state index < -0.39 is 0 Å². The number of ether oxygens (including phenoxy) is 1. The number of benzene rings is 1. The molecule has 0 aromatic heterocycles. The third-order valence-electron chi connectivity index (χ3n) is 4.16.